The van der Waals surface area contributed by atoms with Gasteiger partial charge < -0.3 is 19.5 Å². The van der Waals surface area contributed by atoms with E-state index in [1.807, 2.05) is 31.3 Å². The number of benzene rings is 1. The molecule has 2 rings (SSSR count). The van der Waals surface area contributed by atoms with Gasteiger partial charge in [0.15, 0.2) is 11.5 Å². The van der Waals surface area contributed by atoms with E-state index in [-0.39, 0.29) is 0 Å². The summed E-state index contributed by atoms with van der Waals surface area (Å²) >= 11 is 0. The second-order valence-electron chi connectivity index (χ2n) is 5.39. The minimum absolute atomic E-state index is 0.301. The van der Waals surface area contributed by atoms with Gasteiger partial charge in [-0.05, 0) is 43.9 Å². The normalized spacial score (nSPS) is 17.7. The molecule has 4 nitrogen and oxygen atoms in total. The van der Waals surface area contributed by atoms with E-state index in [1.165, 1.54) is 0 Å². The van der Waals surface area contributed by atoms with Crippen LogP contribution in [0.1, 0.15) is 19.3 Å². The summed E-state index contributed by atoms with van der Waals surface area (Å²) in [6.45, 7) is 3.44. The van der Waals surface area contributed by atoms with E-state index < -0.39 is 0 Å². The molecule has 0 radical (unpaired) electrons. The molecule has 0 unspecified atom stereocenters. The first-order valence-corrected chi connectivity index (χ1v) is 7.28. The second-order valence-corrected chi connectivity index (χ2v) is 5.39. The van der Waals surface area contributed by atoms with Gasteiger partial charge in [-0.1, -0.05) is 12.1 Å². The topological polar surface area (TPSA) is 39.7 Å². The van der Waals surface area contributed by atoms with Gasteiger partial charge in [0, 0.05) is 19.8 Å². The van der Waals surface area contributed by atoms with Gasteiger partial charge in [0.25, 0.3) is 0 Å². The Hall–Kier alpha value is -1.26. The molecule has 1 aliphatic heterocycles. The Bertz CT molecular complexity index is 397. The van der Waals surface area contributed by atoms with Crippen molar-refractivity contribution in [3.05, 3.63) is 24.3 Å². The fourth-order valence-corrected chi connectivity index (χ4v) is 2.81. The lowest BCUT2D eigenvalue weighted by molar-refractivity contribution is 0.00502. The predicted molar refractivity (Wildman–Crippen MR) is 79.5 cm³/mol. The molecule has 0 aromatic heterocycles. The molecule has 0 spiro atoms. The molecule has 0 aliphatic carbocycles. The molecular weight excluding hydrogens is 254 g/mol. The van der Waals surface area contributed by atoms with Crippen molar-refractivity contribution in [3.63, 3.8) is 0 Å². The number of hydrogen-bond donors (Lipinski definition) is 1. The lowest BCUT2D eigenvalue weighted by Crippen LogP contribution is -2.39. The maximum atomic E-state index is 5.91. The van der Waals surface area contributed by atoms with Crippen molar-refractivity contribution >= 4 is 0 Å². The quantitative estimate of drug-likeness (QED) is 0.832. The van der Waals surface area contributed by atoms with Gasteiger partial charge in [-0.25, -0.2) is 0 Å². The number of hydrogen-bond acceptors (Lipinski definition) is 4. The molecule has 1 heterocycles. The molecule has 1 N–H and O–H groups in total. The molecule has 0 atom stereocenters. The third-order valence-corrected chi connectivity index (χ3v) is 4.06. The first-order chi connectivity index (χ1) is 9.79. The highest BCUT2D eigenvalue weighted by atomic mass is 16.5. The third-order valence-electron chi connectivity index (χ3n) is 4.06. The summed E-state index contributed by atoms with van der Waals surface area (Å²) in [6, 6.07) is 7.79. The van der Waals surface area contributed by atoms with E-state index in [9.17, 15) is 0 Å². The first kappa shape index (κ1) is 15.1. The van der Waals surface area contributed by atoms with Crippen LogP contribution >= 0.6 is 0 Å². The van der Waals surface area contributed by atoms with Crippen molar-refractivity contribution < 1.29 is 14.2 Å². The molecule has 0 bridgehead atoms. The van der Waals surface area contributed by atoms with E-state index in [4.69, 9.17) is 14.2 Å². The Morgan fingerprint density at radius 2 is 1.90 bits per heavy atom. The van der Waals surface area contributed by atoms with Gasteiger partial charge in [-0.3, -0.25) is 0 Å². The summed E-state index contributed by atoms with van der Waals surface area (Å²) < 4.78 is 16.7. The molecular formula is C16H25NO3. The summed E-state index contributed by atoms with van der Waals surface area (Å²) in [6.07, 6.45) is 3.24. The molecule has 1 aliphatic rings. The second kappa shape index (κ2) is 7.50. The Balaban J connectivity index is 1.89. The Kier molecular flexibility index (Phi) is 5.68. The van der Waals surface area contributed by atoms with Crippen LogP contribution in [0.4, 0.5) is 0 Å². The van der Waals surface area contributed by atoms with Crippen LogP contribution in [0.15, 0.2) is 24.3 Å². The molecule has 1 saturated heterocycles. The molecule has 0 saturated carbocycles. The van der Waals surface area contributed by atoms with Crippen molar-refractivity contribution in [1.29, 1.82) is 0 Å². The lowest BCUT2D eigenvalue weighted by Gasteiger charge is -2.37. The van der Waals surface area contributed by atoms with E-state index in [2.05, 4.69) is 5.32 Å². The molecule has 0 amide bonds. The van der Waals surface area contributed by atoms with E-state index >= 15 is 0 Å². The van der Waals surface area contributed by atoms with E-state index in [1.54, 1.807) is 7.11 Å². The van der Waals surface area contributed by atoms with E-state index in [0.717, 1.165) is 50.5 Å². The Morgan fingerprint density at radius 1 is 1.20 bits per heavy atom. The molecule has 20 heavy (non-hydrogen) atoms. The van der Waals surface area contributed by atoms with Crippen LogP contribution in [0.3, 0.4) is 0 Å². The molecule has 1 aromatic rings. The average Bonchev–Trinajstić information content (AvgIpc) is 2.49. The largest absolute Gasteiger partial charge is 0.493 e. The Morgan fingerprint density at radius 3 is 2.55 bits per heavy atom. The number of methoxy groups -OCH3 is 1. The van der Waals surface area contributed by atoms with Crippen molar-refractivity contribution in [2.45, 2.75) is 19.3 Å². The van der Waals surface area contributed by atoms with Gasteiger partial charge in [0.05, 0.1) is 13.7 Å². The van der Waals surface area contributed by atoms with Crippen molar-refractivity contribution in [2.24, 2.45) is 5.41 Å². The van der Waals surface area contributed by atoms with Crippen molar-refractivity contribution in [3.8, 4) is 11.5 Å². The summed E-state index contributed by atoms with van der Waals surface area (Å²) in [5, 5.41) is 3.31. The van der Waals surface area contributed by atoms with Crippen LogP contribution < -0.4 is 14.8 Å². The number of rotatable bonds is 7. The summed E-state index contributed by atoms with van der Waals surface area (Å²) in [5.74, 6) is 1.61. The zero-order valence-electron chi connectivity index (χ0n) is 12.5. The van der Waals surface area contributed by atoms with Crippen LogP contribution in [0, 0.1) is 5.41 Å². The van der Waals surface area contributed by atoms with Gasteiger partial charge >= 0.3 is 0 Å². The van der Waals surface area contributed by atoms with Crippen molar-refractivity contribution in [2.75, 3.05) is 40.5 Å². The number of para-hydroxylation sites is 2. The van der Waals surface area contributed by atoms with Crippen LogP contribution in [-0.4, -0.2) is 40.5 Å². The van der Waals surface area contributed by atoms with Gasteiger partial charge in [0.1, 0.15) is 0 Å². The summed E-state index contributed by atoms with van der Waals surface area (Å²) in [4.78, 5) is 0. The number of ether oxygens (including phenoxy) is 3. The average molecular weight is 279 g/mol. The first-order valence-electron chi connectivity index (χ1n) is 7.28. The smallest absolute Gasteiger partial charge is 0.161 e. The van der Waals surface area contributed by atoms with Crippen LogP contribution in [-0.2, 0) is 4.74 Å². The molecule has 1 aromatic carbocycles. The standard InChI is InChI=1S/C16H25NO3/c1-17-13-16(7-10-19-11-8-16)9-12-20-15-6-4-3-5-14(15)18-2/h3-6,17H,7-13H2,1-2H3. The van der Waals surface area contributed by atoms with E-state index in [0.29, 0.717) is 12.0 Å². The highest BCUT2D eigenvalue weighted by Crippen LogP contribution is 2.34. The Labute approximate surface area is 121 Å². The highest BCUT2D eigenvalue weighted by Gasteiger charge is 2.31. The minimum atomic E-state index is 0.301. The highest BCUT2D eigenvalue weighted by molar-refractivity contribution is 5.39. The van der Waals surface area contributed by atoms with Gasteiger partial charge in [0.2, 0.25) is 0 Å². The maximum Gasteiger partial charge on any atom is 0.161 e. The van der Waals surface area contributed by atoms with Gasteiger partial charge in [-0.15, -0.1) is 0 Å². The lowest BCUT2D eigenvalue weighted by atomic mass is 9.77. The predicted octanol–water partition coefficient (Wildman–Crippen LogP) is 2.48. The van der Waals surface area contributed by atoms with Crippen LogP contribution in [0.25, 0.3) is 0 Å². The fourth-order valence-electron chi connectivity index (χ4n) is 2.81. The molecule has 112 valence electrons. The third kappa shape index (κ3) is 3.87. The zero-order valence-corrected chi connectivity index (χ0v) is 12.5. The molecule has 4 heteroatoms. The van der Waals surface area contributed by atoms with Crippen molar-refractivity contribution in [1.82, 2.24) is 5.32 Å². The SMILES string of the molecule is CNCC1(CCOc2ccccc2OC)CCOCC1. The van der Waals surface area contributed by atoms with Crippen LogP contribution in [0.5, 0.6) is 11.5 Å². The summed E-state index contributed by atoms with van der Waals surface area (Å²) in [5.41, 5.74) is 0.301. The molecule has 1 fully saturated rings. The minimum Gasteiger partial charge on any atom is -0.493 e. The van der Waals surface area contributed by atoms with Crippen LogP contribution in [0.2, 0.25) is 0 Å². The van der Waals surface area contributed by atoms with Gasteiger partial charge in [-0.2, -0.15) is 0 Å². The zero-order chi connectivity index (χ0) is 14.3. The monoisotopic (exact) mass is 279 g/mol. The fraction of sp³-hybridized carbons (Fsp3) is 0.625. The summed E-state index contributed by atoms with van der Waals surface area (Å²) in [7, 11) is 3.68. The maximum absolute atomic E-state index is 5.91. The number of nitrogens with one attached hydrogen (secondary N) is 1.